The third kappa shape index (κ3) is 3.29. The number of hydrogen-bond acceptors (Lipinski definition) is 6. The third-order valence-electron chi connectivity index (χ3n) is 2.99. The molecular formula is C13H17N3O3. The lowest BCUT2D eigenvalue weighted by Crippen LogP contribution is -2.30. The number of anilines is 1. The van der Waals surface area contributed by atoms with E-state index in [9.17, 15) is 4.79 Å². The molecule has 0 saturated heterocycles. The van der Waals surface area contributed by atoms with Crippen LogP contribution in [0.15, 0.2) is 24.0 Å². The highest BCUT2D eigenvalue weighted by molar-refractivity contribution is 5.86. The lowest BCUT2D eigenvalue weighted by atomic mass is 10.1. The molecule has 0 spiro atoms. The van der Waals surface area contributed by atoms with E-state index in [0.717, 1.165) is 25.3 Å². The Morgan fingerprint density at radius 3 is 2.74 bits per heavy atom. The summed E-state index contributed by atoms with van der Waals surface area (Å²) < 4.78 is 9.69. The van der Waals surface area contributed by atoms with Crippen LogP contribution < -0.4 is 4.90 Å². The SMILES string of the molecule is COCC1=CCN(c2cnc(C(=O)OC)cn2)CC1. The molecule has 2 rings (SSSR count). The summed E-state index contributed by atoms with van der Waals surface area (Å²) in [5, 5.41) is 0. The van der Waals surface area contributed by atoms with E-state index < -0.39 is 5.97 Å². The van der Waals surface area contributed by atoms with E-state index in [1.807, 2.05) is 0 Å². The molecule has 0 saturated carbocycles. The van der Waals surface area contributed by atoms with E-state index in [1.165, 1.54) is 18.9 Å². The summed E-state index contributed by atoms with van der Waals surface area (Å²) >= 11 is 0. The number of rotatable bonds is 4. The fourth-order valence-electron chi connectivity index (χ4n) is 1.93. The van der Waals surface area contributed by atoms with Crippen LogP contribution in [0, 0.1) is 0 Å². The Morgan fingerprint density at radius 2 is 2.21 bits per heavy atom. The van der Waals surface area contributed by atoms with Gasteiger partial charge in [0.05, 0.1) is 26.1 Å². The molecule has 102 valence electrons. The number of aromatic nitrogens is 2. The second-order valence-electron chi connectivity index (χ2n) is 4.24. The zero-order valence-electron chi connectivity index (χ0n) is 11.1. The molecule has 1 aromatic rings. The molecule has 0 aromatic carbocycles. The summed E-state index contributed by atoms with van der Waals surface area (Å²) in [6, 6.07) is 0. The average Bonchev–Trinajstić information content (AvgIpc) is 2.48. The van der Waals surface area contributed by atoms with Gasteiger partial charge in [-0.05, 0) is 12.0 Å². The molecule has 0 N–H and O–H groups in total. The van der Waals surface area contributed by atoms with Crippen LogP contribution in [-0.4, -0.2) is 49.9 Å². The Bertz CT molecular complexity index is 471. The number of esters is 1. The van der Waals surface area contributed by atoms with Crippen molar-refractivity contribution in [3.63, 3.8) is 0 Å². The quantitative estimate of drug-likeness (QED) is 0.597. The fraction of sp³-hybridized carbons (Fsp3) is 0.462. The predicted octanol–water partition coefficient (Wildman–Crippen LogP) is 1.05. The minimum Gasteiger partial charge on any atom is -0.464 e. The van der Waals surface area contributed by atoms with Gasteiger partial charge in [0.2, 0.25) is 0 Å². The van der Waals surface area contributed by atoms with Crippen LogP contribution in [0.2, 0.25) is 0 Å². The predicted molar refractivity (Wildman–Crippen MR) is 70.2 cm³/mol. The van der Waals surface area contributed by atoms with Gasteiger partial charge in [-0.3, -0.25) is 0 Å². The van der Waals surface area contributed by atoms with Crippen LogP contribution in [0.5, 0.6) is 0 Å². The highest BCUT2D eigenvalue weighted by Gasteiger charge is 2.14. The summed E-state index contributed by atoms with van der Waals surface area (Å²) in [6.45, 7) is 2.34. The zero-order chi connectivity index (χ0) is 13.7. The first-order chi connectivity index (χ1) is 9.24. The van der Waals surface area contributed by atoms with Crippen LogP contribution in [0.1, 0.15) is 16.9 Å². The van der Waals surface area contributed by atoms with Gasteiger partial charge in [-0.2, -0.15) is 0 Å². The van der Waals surface area contributed by atoms with Gasteiger partial charge in [-0.25, -0.2) is 14.8 Å². The van der Waals surface area contributed by atoms with Crippen LogP contribution in [0.25, 0.3) is 0 Å². The molecule has 1 aliphatic heterocycles. The van der Waals surface area contributed by atoms with Crippen molar-refractivity contribution in [2.75, 3.05) is 38.8 Å². The summed E-state index contributed by atoms with van der Waals surface area (Å²) in [4.78, 5) is 21.7. The first kappa shape index (κ1) is 13.5. The lowest BCUT2D eigenvalue weighted by Gasteiger charge is -2.26. The number of carbonyl (C=O) groups is 1. The van der Waals surface area contributed by atoms with E-state index >= 15 is 0 Å². The van der Waals surface area contributed by atoms with Gasteiger partial charge in [0.15, 0.2) is 5.69 Å². The highest BCUT2D eigenvalue weighted by atomic mass is 16.5. The summed E-state index contributed by atoms with van der Waals surface area (Å²) in [6.07, 6.45) is 6.13. The Morgan fingerprint density at radius 1 is 1.37 bits per heavy atom. The van der Waals surface area contributed by atoms with Crippen molar-refractivity contribution in [3.8, 4) is 0 Å². The standard InChI is InChI=1S/C13H17N3O3/c1-18-9-10-3-5-16(6-4-10)12-8-14-11(7-15-12)13(17)19-2/h3,7-8H,4-6,9H2,1-2H3. The first-order valence-electron chi connectivity index (χ1n) is 6.06. The second kappa shape index (κ2) is 6.29. The van der Waals surface area contributed by atoms with Crippen molar-refractivity contribution in [2.45, 2.75) is 6.42 Å². The maximum absolute atomic E-state index is 11.3. The molecule has 6 heteroatoms. The van der Waals surface area contributed by atoms with Gasteiger partial charge >= 0.3 is 5.97 Å². The van der Waals surface area contributed by atoms with Crippen molar-refractivity contribution in [1.82, 2.24) is 9.97 Å². The molecule has 0 fully saturated rings. The number of carbonyl (C=O) groups excluding carboxylic acids is 1. The topological polar surface area (TPSA) is 64.5 Å². The number of ether oxygens (including phenoxy) is 2. The maximum Gasteiger partial charge on any atom is 0.358 e. The minimum absolute atomic E-state index is 0.221. The van der Waals surface area contributed by atoms with E-state index in [4.69, 9.17) is 4.74 Å². The lowest BCUT2D eigenvalue weighted by molar-refractivity contribution is 0.0593. The molecule has 0 aliphatic carbocycles. The first-order valence-corrected chi connectivity index (χ1v) is 6.06. The molecule has 0 amide bonds. The molecule has 6 nitrogen and oxygen atoms in total. The Labute approximate surface area is 112 Å². The molecule has 0 bridgehead atoms. The molecule has 19 heavy (non-hydrogen) atoms. The van der Waals surface area contributed by atoms with Gasteiger partial charge in [0.25, 0.3) is 0 Å². The molecule has 0 atom stereocenters. The zero-order valence-corrected chi connectivity index (χ0v) is 11.1. The Hall–Kier alpha value is -1.95. The van der Waals surface area contributed by atoms with Crippen LogP contribution >= 0.6 is 0 Å². The Kier molecular flexibility index (Phi) is 4.46. The smallest absolute Gasteiger partial charge is 0.358 e. The summed E-state index contributed by atoms with van der Waals surface area (Å²) in [7, 11) is 3.02. The fourth-order valence-corrected chi connectivity index (χ4v) is 1.93. The monoisotopic (exact) mass is 263 g/mol. The maximum atomic E-state index is 11.3. The van der Waals surface area contributed by atoms with Crippen molar-refractivity contribution in [2.24, 2.45) is 0 Å². The van der Waals surface area contributed by atoms with Crippen molar-refractivity contribution >= 4 is 11.8 Å². The number of methoxy groups -OCH3 is 2. The average molecular weight is 263 g/mol. The molecule has 1 aromatic heterocycles. The minimum atomic E-state index is -0.472. The van der Waals surface area contributed by atoms with Gasteiger partial charge in [0.1, 0.15) is 5.82 Å². The molecule has 0 unspecified atom stereocenters. The summed E-state index contributed by atoms with van der Waals surface area (Å²) in [5.74, 6) is 0.292. The molecule has 2 heterocycles. The summed E-state index contributed by atoms with van der Waals surface area (Å²) in [5.41, 5.74) is 1.52. The molecule has 0 radical (unpaired) electrons. The van der Waals surface area contributed by atoms with Gasteiger partial charge in [0, 0.05) is 20.2 Å². The van der Waals surface area contributed by atoms with Crippen molar-refractivity contribution in [3.05, 3.63) is 29.7 Å². The van der Waals surface area contributed by atoms with Gasteiger partial charge in [-0.1, -0.05) is 6.08 Å². The molecular weight excluding hydrogens is 246 g/mol. The number of hydrogen-bond donors (Lipinski definition) is 0. The van der Waals surface area contributed by atoms with Crippen LogP contribution in [-0.2, 0) is 9.47 Å². The largest absolute Gasteiger partial charge is 0.464 e. The van der Waals surface area contributed by atoms with Crippen LogP contribution in [0.3, 0.4) is 0 Å². The van der Waals surface area contributed by atoms with Gasteiger partial charge in [-0.15, -0.1) is 0 Å². The van der Waals surface area contributed by atoms with Crippen molar-refractivity contribution < 1.29 is 14.3 Å². The van der Waals surface area contributed by atoms with Crippen LogP contribution in [0.4, 0.5) is 5.82 Å². The molecule has 1 aliphatic rings. The number of nitrogens with zero attached hydrogens (tertiary/aromatic N) is 3. The van der Waals surface area contributed by atoms with E-state index in [2.05, 4.69) is 25.7 Å². The van der Waals surface area contributed by atoms with E-state index in [1.54, 1.807) is 13.3 Å². The normalized spacial score (nSPS) is 15.1. The van der Waals surface area contributed by atoms with Gasteiger partial charge < -0.3 is 14.4 Å². The van der Waals surface area contributed by atoms with E-state index in [-0.39, 0.29) is 5.69 Å². The Balaban J connectivity index is 2.02. The highest BCUT2D eigenvalue weighted by Crippen LogP contribution is 2.17. The third-order valence-corrected chi connectivity index (χ3v) is 2.99. The van der Waals surface area contributed by atoms with Crippen molar-refractivity contribution in [1.29, 1.82) is 0 Å². The van der Waals surface area contributed by atoms with E-state index in [0.29, 0.717) is 6.61 Å². The second-order valence-corrected chi connectivity index (χ2v) is 4.24.